The fourth-order valence-electron chi connectivity index (χ4n) is 4.68. The molecule has 2 N–H and O–H groups in total. The van der Waals surface area contributed by atoms with Crippen LogP contribution in [0.15, 0.2) is 24.4 Å². The molecule has 1 aliphatic carbocycles. The van der Waals surface area contributed by atoms with Crippen molar-refractivity contribution in [1.29, 1.82) is 0 Å². The highest BCUT2D eigenvalue weighted by atomic mass is 127. The van der Waals surface area contributed by atoms with Crippen LogP contribution in [0.5, 0.6) is 0 Å². The summed E-state index contributed by atoms with van der Waals surface area (Å²) in [4.78, 5) is 18.8. The summed E-state index contributed by atoms with van der Waals surface area (Å²) < 4.78 is 6.23. The van der Waals surface area contributed by atoms with Crippen molar-refractivity contribution in [3.8, 4) is 0 Å². The lowest BCUT2D eigenvalue weighted by atomic mass is 9.76. The predicted octanol–water partition coefficient (Wildman–Crippen LogP) is 5.02. The van der Waals surface area contributed by atoms with Gasteiger partial charge < -0.3 is 15.4 Å². The van der Waals surface area contributed by atoms with Crippen molar-refractivity contribution >= 4 is 46.0 Å². The second-order valence-electron chi connectivity index (χ2n) is 7.71. The first-order valence-corrected chi connectivity index (χ1v) is 11.6. The Bertz CT molecular complexity index is 929. The van der Waals surface area contributed by atoms with Crippen LogP contribution >= 0.6 is 34.2 Å². The third-order valence-corrected chi connectivity index (χ3v) is 7.58. The molecule has 0 radical (unpaired) electrons. The van der Waals surface area contributed by atoms with Gasteiger partial charge in [-0.1, -0.05) is 17.7 Å². The second-order valence-corrected chi connectivity index (χ2v) is 9.19. The number of hydrogen-bond donors (Lipinski definition) is 1. The molecule has 5 nitrogen and oxygen atoms in total. The number of fused-ring (bicyclic) bond motifs is 2. The number of rotatable bonds is 2. The van der Waals surface area contributed by atoms with Gasteiger partial charge in [0.25, 0.3) is 0 Å². The number of likely N-dealkylation sites (tertiary alicyclic amines) is 1. The third kappa shape index (κ3) is 3.93. The fourth-order valence-corrected chi connectivity index (χ4v) is 6.04. The van der Waals surface area contributed by atoms with Gasteiger partial charge in [0.2, 0.25) is 0 Å². The van der Waals surface area contributed by atoms with Crippen LogP contribution < -0.4 is 5.73 Å². The van der Waals surface area contributed by atoms with Crippen molar-refractivity contribution in [2.45, 2.75) is 38.5 Å². The van der Waals surface area contributed by atoms with Crippen LogP contribution in [0.2, 0.25) is 5.02 Å². The molecule has 2 aromatic rings. The third-order valence-electron chi connectivity index (χ3n) is 6.11. The van der Waals surface area contributed by atoms with Crippen molar-refractivity contribution < 1.29 is 9.53 Å². The molecular formula is C22H25ClIN3O2. The Labute approximate surface area is 190 Å². The van der Waals surface area contributed by atoms with E-state index in [0.717, 1.165) is 34.9 Å². The normalized spacial score (nSPS) is 19.3. The Hall–Kier alpha value is -1.54. The van der Waals surface area contributed by atoms with Crippen molar-refractivity contribution in [1.82, 2.24) is 9.88 Å². The Morgan fingerprint density at radius 3 is 2.79 bits per heavy atom. The molecule has 1 saturated heterocycles. The number of aromatic nitrogens is 1. The number of amides is 1. The first-order chi connectivity index (χ1) is 14.0. The van der Waals surface area contributed by atoms with Crippen molar-refractivity contribution in [3.05, 3.63) is 55.4 Å². The number of hydrogen-bond acceptors (Lipinski definition) is 4. The molecule has 0 spiro atoms. The van der Waals surface area contributed by atoms with Crippen LogP contribution in [-0.4, -0.2) is 35.7 Å². The van der Waals surface area contributed by atoms with E-state index in [0.29, 0.717) is 36.3 Å². The van der Waals surface area contributed by atoms with Crippen molar-refractivity contribution in [2.24, 2.45) is 5.92 Å². The molecule has 1 fully saturated rings. The summed E-state index contributed by atoms with van der Waals surface area (Å²) in [6, 6.07) is 6.25. The number of carbonyl (C=O) groups excluding carboxylic acids is 1. The van der Waals surface area contributed by atoms with Crippen molar-refractivity contribution in [2.75, 3.05) is 25.4 Å². The number of nitrogens with zero attached hydrogens (tertiary/aromatic N) is 2. The molecule has 0 unspecified atom stereocenters. The smallest absolute Gasteiger partial charge is 0.409 e. The number of aryl methyl sites for hydroxylation is 2. The van der Waals surface area contributed by atoms with E-state index >= 15 is 0 Å². The number of halogens is 2. The number of anilines is 1. The molecular weight excluding hydrogens is 501 g/mol. The van der Waals surface area contributed by atoms with Gasteiger partial charge in [-0.25, -0.2) is 4.79 Å². The lowest BCUT2D eigenvalue weighted by Gasteiger charge is -2.36. The first kappa shape index (κ1) is 20.7. The van der Waals surface area contributed by atoms with Crippen LogP contribution in [0.3, 0.4) is 0 Å². The van der Waals surface area contributed by atoms with Crippen molar-refractivity contribution in [3.63, 3.8) is 0 Å². The van der Waals surface area contributed by atoms with Crippen LogP contribution in [0.1, 0.15) is 48.1 Å². The largest absolute Gasteiger partial charge is 0.450 e. The van der Waals surface area contributed by atoms with Crippen LogP contribution in [0.25, 0.3) is 0 Å². The standard InChI is InChI=1S/C22H25ClIN3O2/c1-2-29-22(28)27-10-7-13(8-11-27)18-17-15(12-16(23)20(25)19(17)24)6-5-14-4-3-9-26-21(14)18/h3-4,9,12-13,18H,2,5-8,10-11,25H2,1H3/t18-/m1/s1. The van der Waals surface area contributed by atoms with E-state index in [9.17, 15) is 4.79 Å². The Balaban J connectivity index is 1.73. The molecule has 2 aliphatic rings. The van der Waals surface area contributed by atoms with Gasteiger partial charge in [0, 0.05) is 28.8 Å². The predicted molar refractivity (Wildman–Crippen MR) is 123 cm³/mol. The topological polar surface area (TPSA) is 68.5 Å². The Morgan fingerprint density at radius 1 is 1.34 bits per heavy atom. The molecule has 4 rings (SSSR count). The monoisotopic (exact) mass is 525 g/mol. The SMILES string of the molecule is CCOC(=O)N1CCC([C@H]2c3ncccc3CCc3cc(Cl)c(N)c(I)c32)CC1. The lowest BCUT2D eigenvalue weighted by molar-refractivity contribution is 0.0900. The Morgan fingerprint density at radius 2 is 2.07 bits per heavy atom. The second kappa shape index (κ2) is 8.68. The van der Waals surface area contributed by atoms with E-state index in [4.69, 9.17) is 27.1 Å². The quantitative estimate of drug-likeness (QED) is 0.442. The summed E-state index contributed by atoms with van der Waals surface area (Å²) >= 11 is 8.77. The maximum absolute atomic E-state index is 12.1. The number of pyridine rings is 1. The summed E-state index contributed by atoms with van der Waals surface area (Å²) in [5.74, 6) is 0.555. The number of benzene rings is 1. The van der Waals surface area contributed by atoms with E-state index < -0.39 is 0 Å². The van der Waals surface area contributed by atoms with Crippen LogP contribution in [0.4, 0.5) is 10.5 Å². The van der Waals surface area contributed by atoms with Crippen LogP contribution in [0, 0.1) is 9.49 Å². The zero-order valence-electron chi connectivity index (χ0n) is 16.5. The molecule has 29 heavy (non-hydrogen) atoms. The fraction of sp³-hybridized carbons (Fsp3) is 0.455. The first-order valence-electron chi connectivity index (χ1n) is 10.1. The number of nitrogens with two attached hydrogens (primary N) is 1. The Kier molecular flexibility index (Phi) is 6.20. The minimum absolute atomic E-state index is 0.166. The lowest BCUT2D eigenvalue weighted by Crippen LogP contribution is -2.40. The number of carbonyl (C=O) groups is 1. The highest BCUT2D eigenvalue weighted by Gasteiger charge is 2.36. The van der Waals surface area contributed by atoms with Gasteiger partial charge in [-0.3, -0.25) is 4.98 Å². The van der Waals surface area contributed by atoms with E-state index in [2.05, 4.69) is 28.7 Å². The van der Waals surface area contributed by atoms with Crippen LogP contribution in [-0.2, 0) is 17.6 Å². The average molecular weight is 526 g/mol. The summed E-state index contributed by atoms with van der Waals surface area (Å²) in [7, 11) is 0. The average Bonchev–Trinajstić information content (AvgIpc) is 2.89. The molecule has 154 valence electrons. The molecule has 0 saturated carbocycles. The van der Waals surface area contributed by atoms with E-state index in [1.165, 1.54) is 16.7 Å². The maximum Gasteiger partial charge on any atom is 0.409 e. The molecule has 2 heterocycles. The molecule has 1 aromatic carbocycles. The van der Waals surface area contributed by atoms with Gasteiger partial charge in [0.05, 0.1) is 23.0 Å². The molecule has 1 atom stereocenters. The zero-order chi connectivity index (χ0) is 20.5. The minimum Gasteiger partial charge on any atom is -0.450 e. The summed E-state index contributed by atoms with van der Waals surface area (Å²) in [5, 5.41) is 0.628. The maximum atomic E-state index is 12.1. The molecule has 7 heteroatoms. The molecule has 1 aliphatic heterocycles. The molecule has 0 bridgehead atoms. The summed E-state index contributed by atoms with van der Waals surface area (Å²) in [6.45, 7) is 3.66. The highest BCUT2D eigenvalue weighted by molar-refractivity contribution is 14.1. The van der Waals surface area contributed by atoms with Gasteiger partial charge in [-0.15, -0.1) is 0 Å². The van der Waals surface area contributed by atoms with Gasteiger partial charge in [-0.05, 0) is 89.9 Å². The highest BCUT2D eigenvalue weighted by Crippen LogP contribution is 2.46. The minimum atomic E-state index is -0.212. The molecule has 1 aromatic heterocycles. The van der Waals surface area contributed by atoms with Gasteiger partial charge >= 0.3 is 6.09 Å². The van der Waals surface area contributed by atoms with Gasteiger partial charge in [0.15, 0.2) is 0 Å². The van der Waals surface area contributed by atoms with Gasteiger partial charge in [0.1, 0.15) is 0 Å². The van der Waals surface area contributed by atoms with E-state index in [1.807, 2.05) is 30.2 Å². The van der Waals surface area contributed by atoms with E-state index in [-0.39, 0.29) is 12.0 Å². The summed E-state index contributed by atoms with van der Waals surface area (Å²) in [6.07, 6.45) is 5.38. The zero-order valence-corrected chi connectivity index (χ0v) is 19.4. The number of ether oxygens (including phenoxy) is 1. The van der Waals surface area contributed by atoms with Gasteiger partial charge in [-0.2, -0.15) is 0 Å². The molecule has 1 amide bonds. The number of piperidine rings is 1. The van der Waals surface area contributed by atoms with E-state index in [1.54, 1.807) is 0 Å². The summed E-state index contributed by atoms with van der Waals surface area (Å²) in [5.41, 5.74) is 12.0. The number of nitrogen functional groups attached to an aromatic ring is 1.